The van der Waals surface area contributed by atoms with Crippen molar-refractivity contribution in [3.05, 3.63) is 62.6 Å². The molecule has 0 unspecified atom stereocenters. The van der Waals surface area contributed by atoms with Crippen molar-refractivity contribution in [3.63, 3.8) is 0 Å². The van der Waals surface area contributed by atoms with E-state index in [1.807, 2.05) is 51.1 Å². The second-order valence-electron chi connectivity index (χ2n) is 6.87. The largest absolute Gasteiger partial charge is 0.490 e. The molecular formula is C23H26BrN3O3. The minimum absolute atomic E-state index is 0.0854. The number of rotatable bonds is 8. The zero-order chi connectivity index (χ0) is 21.7. The maximum Gasteiger partial charge on any atom is 0.282 e. The van der Waals surface area contributed by atoms with Gasteiger partial charge in [0.15, 0.2) is 11.5 Å². The molecule has 0 saturated heterocycles. The van der Waals surface area contributed by atoms with Crippen LogP contribution >= 0.6 is 15.9 Å². The van der Waals surface area contributed by atoms with E-state index in [9.17, 15) is 4.79 Å². The summed E-state index contributed by atoms with van der Waals surface area (Å²) in [4.78, 5) is 17.9. The molecule has 0 amide bonds. The van der Waals surface area contributed by atoms with Gasteiger partial charge in [-0.1, -0.05) is 29.8 Å². The van der Waals surface area contributed by atoms with Crippen LogP contribution in [0, 0.1) is 0 Å². The second-order valence-corrected chi connectivity index (χ2v) is 7.79. The van der Waals surface area contributed by atoms with Crippen LogP contribution in [0.4, 0.5) is 0 Å². The van der Waals surface area contributed by atoms with Crippen molar-refractivity contribution in [2.75, 3.05) is 13.2 Å². The highest BCUT2D eigenvalue weighted by Gasteiger charge is 2.15. The number of hydrogen-bond acceptors (Lipinski definition) is 5. The first-order valence-electron chi connectivity index (χ1n) is 10.1. The molecule has 0 fully saturated rings. The van der Waals surface area contributed by atoms with Gasteiger partial charge in [0.2, 0.25) is 0 Å². The molecule has 0 aliphatic carbocycles. The summed E-state index contributed by atoms with van der Waals surface area (Å²) in [6, 6.07) is 11.1. The third-order valence-electron chi connectivity index (χ3n) is 4.78. The number of ether oxygens (including phenoxy) is 2. The normalized spacial score (nSPS) is 12.4. The summed E-state index contributed by atoms with van der Waals surface area (Å²) >= 11 is 3.43. The molecule has 0 saturated carbocycles. The molecule has 0 radical (unpaired) electrons. The second kappa shape index (κ2) is 9.89. The van der Waals surface area contributed by atoms with Gasteiger partial charge in [0.25, 0.3) is 5.56 Å². The average Bonchev–Trinajstić information content (AvgIpc) is 2.74. The van der Waals surface area contributed by atoms with Crippen LogP contribution in [0.2, 0.25) is 0 Å². The molecule has 3 aromatic rings. The van der Waals surface area contributed by atoms with Gasteiger partial charge in [0.05, 0.1) is 30.3 Å². The summed E-state index contributed by atoms with van der Waals surface area (Å²) in [5, 5.41) is 5.03. The third-order valence-corrected chi connectivity index (χ3v) is 5.27. The zero-order valence-corrected chi connectivity index (χ0v) is 19.3. The molecule has 0 spiro atoms. The average molecular weight is 472 g/mol. The van der Waals surface area contributed by atoms with Crippen molar-refractivity contribution in [2.24, 2.45) is 5.10 Å². The minimum Gasteiger partial charge on any atom is -0.490 e. The molecule has 1 heterocycles. The Kier molecular flexibility index (Phi) is 7.26. The van der Waals surface area contributed by atoms with Gasteiger partial charge >= 0.3 is 0 Å². The summed E-state index contributed by atoms with van der Waals surface area (Å²) in [7, 11) is 0. The first-order chi connectivity index (χ1) is 14.5. The van der Waals surface area contributed by atoms with Gasteiger partial charge in [-0.05, 0) is 62.2 Å². The molecule has 0 aliphatic heterocycles. The molecule has 0 bridgehead atoms. The molecule has 0 aliphatic rings. The van der Waals surface area contributed by atoms with Gasteiger partial charge in [-0.15, -0.1) is 0 Å². The Morgan fingerprint density at radius 2 is 1.83 bits per heavy atom. The number of hydrogen-bond donors (Lipinski definition) is 0. The van der Waals surface area contributed by atoms with Crippen LogP contribution in [-0.2, 0) is 0 Å². The number of benzene rings is 2. The van der Waals surface area contributed by atoms with Gasteiger partial charge in [-0.25, -0.2) is 4.98 Å². The molecule has 6 nitrogen and oxygen atoms in total. The lowest BCUT2D eigenvalue weighted by molar-refractivity contribution is 0.288. The van der Waals surface area contributed by atoms with E-state index >= 15 is 0 Å². The Balaban J connectivity index is 2.10. The zero-order valence-electron chi connectivity index (χ0n) is 17.7. The molecule has 2 aromatic carbocycles. The van der Waals surface area contributed by atoms with E-state index in [-0.39, 0.29) is 11.5 Å². The van der Waals surface area contributed by atoms with Crippen molar-refractivity contribution in [3.8, 4) is 11.5 Å². The van der Waals surface area contributed by atoms with Gasteiger partial charge in [-0.3, -0.25) is 4.79 Å². The lowest BCUT2D eigenvalue weighted by Gasteiger charge is -2.14. The number of nitrogens with zero attached hydrogens (tertiary/aromatic N) is 3. The fourth-order valence-electron chi connectivity index (χ4n) is 3.05. The fourth-order valence-corrected chi connectivity index (χ4v) is 3.41. The van der Waals surface area contributed by atoms with E-state index in [1.54, 1.807) is 12.3 Å². The summed E-state index contributed by atoms with van der Waals surface area (Å²) in [5.74, 6) is 2.07. The lowest BCUT2D eigenvalue weighted by atomic mass is 10.1. The summed E-state index contributed by atoms with van der Waals surface area (Å²) < 4.78 is 13.5. The molecule has 158 valence electrons. The van der Waals surface area contributed by atoms with Gasteiger partial charge in [-0.2, -0.15) is 9.78 Å². The third kappa shape index (κ3) is 4.73. The number of aromatic nitrogens is 2. The molecule has 7 heteroatoms. The number of halogens is 1. The maximum atomic E-state index is 13.2. The summed E-state index contributed by atoms with van der Waals surface area (Å²) in [6.07, 6.45) is 2.50. The predicted molar refractivity (Wildman–Crippen MR) is 124 cm³/mol. The van der Waals surface area contributed by atoms with Crippen LogP contribution in [0.3, 0.4) is 0 Å². The van der Waals surface area contributed by atoms with Crippen LogP contribution in [0.25, 0.3) is 10.9 Å². The van der Waals surface area contributed by atoms with Crippen molar-refractivity contribution in [1.29, 1.82) is 0 Å². The Morgan fingerprint density at radius 1 is 1.10 bits per heavy atom. The SMILES string of the molecule is CCOc1ccc(C=Nn2c([C@@H](C)CC)nc3ccc(Br)cc3c2=O)cc1OCC. The smallest absolute Gasteiger partial charge is 0.282 e. The highest BCUT2D eigenvalue weighted by atomic mass is 79.9. The Hall–Kier alpha value is -2.67. The summed E-state index contributed by atoms with van der Waals surface area (Å²) in [5.41, 5.74) is 1.28. The Morgan fingerprint density at radius 3 is 2.53 bits per heavy atom. The van der Waals surface area contributed by atoms with Gasteiger partial charge in [0, 0.05) is 10.4 Å². The van der Waals surface area contributed by atoms with Crippen molar-refractivity contribution in [2.45, 2.75) is 40.0 Å². The summed E-state index contributed by atoms with van der Waals surface area (Å²) in [6.45, 7) is 9.05. The first-order valence-corrected chi connectivity index (χ1v) is 10.9. The Bertz CT molecular complexity index is 1120. The molecule has 1 aromatic heterocycles. The van der Waals surface area contributed by atoms with Crippen LogP contribution in [-0.4, -0.2) is 29.1 Å². The van der Waals surface area contributed by atoms with E-state index in [1.165, 1.54) is 4.68 Å². The molecule has 3 rings (SSSR count). The van der Waals surface area contributed by atoms with E-state index in [4.69, 9.17) is 14.5 Å². The van der Waals surface area contributed by atoms with Crippen LogP contribution < -0.4 is 15.0 Å². The van der Waals surface area contributed by atoms with E-state index < -0.39 is 0 Å². The molecular weight excluding hydrogens is 446 g/mol. The highest BCUT2D eigenvalue weighted by molar-refractivity contribution is 9.10. The van der Waals surface area contributed by atoms with Crippen LogP contribution in [0.15, 0.2) is 50.8 Å². The first kappa shape index (κ1) is 22.0. The minimum atomic E-state index is -0.191. The van der Waals surface area contributed by atoms with Crippen molar-refractivity contribution >= 4 is 33.0 Å². The molecule has 30 heavy (non-hydrogen) atoms. The molecule has 1 atom stereocenters. The van der Waals surface area contributed by atoms with Gasteiger partial charge in [0.1, 0.15) is 5.82 Å². The van der Waals surface area contributed by atoms with Gasteiger partial charge < -0.3 is 9.47 Å². The number of fused-ring (bicyclic) bond motifs is 1. The lowest BCUT2D eigenvalue weighted by Crippen LogP contribution is -2.23. The van der Waals surface area contributed by atoms with E-state index in [0.717, 1.165) is 16.5 Å². The predicted octanol–water partition coefficient (Wildman–Crippen LogP) is 5.35. The van der Waals surface area contributed by atoms with Crippen LogP contribution in [0.5, 0.6) is 11.5 Å². The topological polar surface area (TPSA) is 65.7 Å². The highest BCUT2D eigenvalue weighted by Crippen LogP contribution is 2.28. The van der Waals surface area contributed by atoms with Crippen molar-refractivity contribution < 1.29 is 9.47 Å². The fraction of sp³-hybridized carbons (Fsp3) is 0.348. The monoisotopic (exact) mass is 471 g/mol. The Labute approximate surface area is 184 Å². The quantitative estimate of drug-likeness (QED) is 0.415. The maximum absolute atomic E-state index is 13.2. The van der Waals surface area contributed by atoms with E-state index in [0.29, 0.717) is 41.4 Å². The van der Waals surface area contributed by atoms with Crippen molar-refractivity contribution in [1.82, 2.24) is 9.66 Å². The molecule has 0 N–H and O–H groups in total. The standard InChI is InChI=1S/C23H26BrN3O3/c1-5-15(4)22-26-19-10-9-17(24)13-18(19)23(28)27(22)25-14-16-8-11-20(29-6-2)21(12-16)30-7-3/h8-15H,5-7H2,1-4H3/t15-/m0/s1. The van der Waals surface area contributed by atoms with Crippen LogP contribution in [0.1, 0.15) is 51.4 Å². The van der Waals surface area contributed by atoms with E-state index in [2.05, 4.69) is 28.0 Å².